The Labute approximate surface area is 222 Å². The van der Waals surface area contributed by atoms with Crippen LogP contribution in [-0.4, -0.2) is 24.1 Å². The number of benzene rings is 2. The molecule has 0 aromatic heterocycles. The Balaban J connectivity index is 1.37. The third-order valence-corrected chi connectivity index (χ3v) is 9.14. The lowest BCUT2D eigenvalue weighted by molar-refractivity contribution is -0.0822. The maximum Gasteiger partial charge on any atom is 0.338 e. The molecule has 0 heterocycles. The molecule has 3 fully saturated rings. The smallest absolute Gasteiger partial charge is 0.338 e. The molecule has 0 N–H and O–H groups in total. The number of carbonyl (C=O) groups is 2. The third kappa shape index (κ3) is 5.35. The van der Waals surface area contributed by atoms with E-state index in [0.29, 0.717) is 23.0 Å². The van der Waals surface area contributed by atoms with Crippen molar-refractivity contribution >= 4 is 11.9 Å². The highest BCUT2D eigenvalue weighted by Gasteiger charge is 2.53. The molecule has 0 saturated heterocycles. The number of fused-ring (bicyclic) bond motifs is 5. The van der Waals surface area contributed by atoms with E-state index >= 15 is 0 Å². The monoisotopic (exact) mass is 502 g/mol. The Hall–Kier alpha value is -2.62. The van der Waals surface area contributed by atoms with Crippen LogP contribution in [0.1, 0.15) is 105 Å². The van der Waals surface area contributed by atoms with Crippen LogP contribution in [0.25, 0.3) is 0 Å². The molecule has 2 aromatic rings. The van der Waals surface area contributed by atoms with Gasteiger partial charge in [0.2, 0.25) is 0 Å². The number of ether oxygens (including phenoxy) is 2. The second-order valence-electron chi connectivity index (χ2n) is 13.7. The average Bonchev–Trinajstić information content (AvgIpc) is 3.46. The summed E-state index contributed by atoms with van der Waals surface area (Å²) in [6.07, 6.45) is 4.58. The van der Waals surface area contributed by atoms with Crippen molar-refractivity contribution in [1.29, 1.82) is 0 Å². The summed E-state index contributed by atoms with van der Waals surface area (Å²) in [6.45, 7) is 12.8. The van der Waals surface area contributed by atoms with Gasteiger partial charge in [0.25, 0.3) is 0 Å². The predicted molar refractivity (Wildman–Crippen MR) is 146 cm³/mol. The second-order valence-corrected chi connectivity index (χ2v) is 13.7. The van der Waals surface area contributed by atoms with Gasteiger partial charge >= 0.3 is 11.9 Å². The fraction of sp³-hybridized carbons (Fsp3) is 0.576. The van der Waals surface area contributed by atoms with Gasteiger partial charge in [-0.15, -0.1) is 0 Å². The fourth-order valence-electron chi connectivity index (χ4n) is 6.99. The molecule has 6 unspecified atom stereocenters. The van der Waals surface area contributed by atoms with E-state index in [1.807, 2.05) is 48.5 Å². The minimum Gasteiger partial charge on any atom is -0.455 e. The summed E-state index contributed by atoms with van der Waals surface area (Å²) in [4.78, 5) is 26.7. The number of hydrogen-bond donors (Lipinski definition) is 0. The van der Waals surface area contributed by atoms with E-state index in [1.165, 1.54) is 19.3 Å². The number of hydrogen-bond acceptors (Lipinski definition) is 4. The van der Waals surface area contributed by atoms with Gasteiger partial charge in [-0.1, -0.05) is 65.8 Å². The van der Waals surface area contributed by atoms with Crippen LogP contribution in [0.2, 0.25) is 0 Å². The van der Waals surface area contributed by atoms with Crippen LogP contribution >= 0.6 is 0 Å². The lowest BCUT2D eigenvalue weighted by Crippen LogP contribution is -2.45. The van der Waals surface area contributed by atoms with Crippen LogP contribution in [-0.2, 0) is 20.3 Å². The van der Waals surface area contributed by atoms with Crippen molar-refractivity contribution in [1.82, 2.24) is 0 Å². The van der Waals surface area contributed by atoms with Gasteiger partial charge < -0.3 is 9.47 Å². The topological polar surface area (TPSA) is 52.6 Å². The van der Waals surface area contributed by atoms with Gasteiger partial charge in [-0.3, -0.25) is 0 Å². The van der Waals surface area contributed by atoms with E-state index in [4.69, 9.17) is 9.47 Å². The SMILES string of the molecule is CC(C)(C)c1cccc(C(=O)OC2CC3C4CCC(C4)C3CC2OC(=O)c2cccc(C(C)(C)C)c2)c1. The summed E-state index contributed by atoms with van der Waals surface area (Å²) < 4.78 is 12.3. The predicted octanol–water partition coefficient (Wildman–Crippen LogP) is 7.49. The molecule has 4 heteroatoms. The minimum absolute atomic E-state index is 0.0584. The van der Waals surface area contributed by atoms with E-state index in [1.54, 1.807) is 0 Å². The summed E-state index contributed by atoms with van der Waals surface area (Å²) in [6, 6.07) is 15.4. The van der Waals surface area contributed by atoms with Crippen LogP contribution in [0.3, 0.4) is 0 Å². The standard InChI is InChI=1S/C33H42O4/c1-32(2,3)24-11-7-9-22(16-24)30(34)36-28-18-26-20-13-14-21(15-20)27(26)19-29(28)37-31(35)23-10-8-12-25(17-23)33(4,5)6/h7-12,16-17,20-21,26-29H,13-15,18-19H2,1-6H3. The van der Waals surface area contributed by atoms with Gasteiger partial charge in [-0.25, -0.2) is 9.59 Å². The van der Waals surface area contributed by atoms with Crippen molar-refractivity contribution in [2.24, 2.45) is 23.7 Å². The van der Waals surface area contributed by atoms with Gasteiger partial charge in [0, 0.05) is 0 Å². The first kappa shape index (κ1) is 26.0. The molecule has 198 valence electrons. The Morgan fingerprint density at radius 3 is 1.43 bits per heavy atom. The molecule has 3 aliphatic carbocycles. The van der Waals surface area contributed by atoms with Crippen LogP contribution < -0.4 is 0 Å². The zero-order valence-corrected chi connectivity index (χ0v) is 23.3. The lowest BCUT2D eigenvalue weighted by atomic mass is 9.69. The molecule has 37 heavy (non-hydrogen) atoms. The summed E-state index contributed by atoms with van der Waals surface area (Å²) in [7, 11) is 0. The summed E-state index contributed by atoms with van der Waals surface area (Å²) >= 11 is 0. The minimum atomic E-state index is -0.416. The largest absolute Gasteiger partial charge is 0.455 e. The van der Waals surface area contributed by atoms with Crippen LogP contribution in [0.5, 0.6) is 0 Å². The molecule has 0 amide bonds. The molecule has 4 nitrogen and oxygen atoms in total. The highest BCUT2D eigenvalue weighted by Crippen LogP contribution is 2.58. The Bertz CT molecular complexity index is 1080. The quantitative estimate of drug-likeness (QED) is 0.407. The first-order valence-electron chi connectivity index (χ1n) is 14.0. The number of carbonyl (C=O) groups excluding carboxylic acids is 2. The van der Waals surface area contributed by atoms with E-state index in [-0.39, 0.29) is 22.8 Å². The zero-order chi connectivity index (χ0) is 26.5. The van der Waals surface area contributed by atoms with Crippen LogP contribution in [0, 0.1) is 23.7 Å². The van der Waals surface area contributed by atoms with Gasteiger partial charge in [0.05, 0.1) is 11.1 Å². The number of esters is 2. The second kappa shape index (κ2) is 9.60. The van der Waals surface area contributed by atoms with E-state index in [2.05, 4.69) is 41.5 Å². The molecule has 2 aromatic carbocycles. The summed E-state index contributed by atoms with van der Waals surface area (Å²) in [5, 5.41) is 0. The van der Waals surface area contributed by atoms with Crippen molar-refractivity contribution < 1.29 is 19.1 Å². The third-order valence-electron chi connectivity index (χ3n) is 9.14. The van der Waals surface area contributed by atoms with E-state index in [0.717, 1.165) is 35.8 Å². The van der Waals surface area contributed by atoms with Gasteiger partial charge in [0.1, 0.15) is 12.2 Å². The number of rotatable bonds is 4. The van der Waals surface area contributed by atoms with Crippen molar-refractivity contribution in [2.45, 2.75) is 96.7 Å². The van der Waals surface area contributed by atoms with Crippen LogP contribution in [0.15, 0.2) is 48.5 Å². The van der Waals surface area contributed by atoms with Gasteiger partial charge in [-0.05, 0) is 102 Å². The zero-order valence-electron chi connectivity index (χ0n) is 23.3. The van der Waals surface area contributed by atoms with E-state index in [9.17, 15) is 9.59 Å². The Morgan fingerprint density at radius 2 is 1.05 bits per heavy atom. The van der Waals surface area contributed by atoms with Crippen LogP contribution in [0.4, 0.5) is 0 Å². The highest BCUT2D eigenvalue weighted by molar-refractivity contribution is 5.90. The highest BCUT2D eigenvalue weighted by atomic mass is 16.6. The summed E-state index contributed by atoms with van der Waals surface area (Å²) in [5.41, 5.74) is 3.20. The van der Waals surface area contributed by atoms with Gasteiger partial charge in [-0.2, -0.15) is 0 Å². The first-order valence-corrected chi connectivity index (χ1v) is 14.0. The molecule has 0 spiro atoms. The van der Waals surface area contributed by atoms with Crippen molar-refractivity contribution in [3.63, 3.8) is 0 Å². The molecule has 6 atom stereocenters. The normalized spacial score (nSPS) is 29.0. The summed E-state index contributed by atoms with van der Waals surface area (Å²) in [5.74, 6) is 1.93. The molecule has 0 aliphatic heterocycles. The Morgan fingerprint density at radius 1 is 0.649 bits per heavy atom. The molecule has 3 aliphatic rings. The molecule has 3 saturated carbocycles. The molecule has 2 bridgehead atoms. The van der Waals surface area contributed by atoms with Gasteiger partial charge in [0.15, 0.2) is 0 Å². The molecule has 5 rings (SSSR count). The lowest BCUT2D eigenvalue weighted by Gasteiger charge is -2.42. The molecular formula is C33H42O4. The van der Waals surface area contributed by atoms with Crippen molar-refractivity contribution in [3.8, 4) is 0 Å². The van der Waals surface area contributed by atoms with Crippen molar-refractivity contribution in [3.05, 3.63) is 70.8 Å². The Kier molecular flexibility index (Phi) is 6.75. The van der Waals surface area contributed by atoms with Crippen molar-refractivity contribution in [2.75, 3.05) is 0 Å². The average molecular weight is 503 g/mol. The first-order chi connectivity index (χ1) is 17.4. The maximum atomic E-state index is 13.3. The molecular weight excluding hydrogens is 460 g/mol. The maximum absolute atomic E-state index is 13.3. The van der Waals surface area contributed by atoms with E-state index < -0.39 is 12.2 Å². The molecule has 0 radical (unpaired) electrons. The fourth-order valence-corrected chi connectivity index (χ4v) is 6.99.